The van der Waals surface area contributed by atoms with Crippen LogP contribution in [0.2, 0.25) is 0 Å². The summed E-state index contributed by atoms with van der Waals surface area (Å²) in [5.41, 5.74) is 2.84. The number of methoxy groups -OCH3 is 1. The van der Waals surface area contributed by atoms with E-state index in [9.17, 15) is 14.4 Å². The van der Waals surface area contributed by atoms with E-state index in [2.05, 4.69) is 10.2 Å². The maximum absolute atomic E-state index is 13.2. The van der Waals surface area contributed by atoms with Gasteiger partial charge in [0.15, 0.2) is 0 Å². The Morgan fingerprint density at radius 3 is 2.11 bits per heavy atom. The fraction of sp³-hybridized carbons (Fsp3) is 0.167. The summed E-state index contributed by atoms with van der Waals surface area (Å²) in [7, 11) is 1.33. The summed E-state index contributed by atoms with van der Waals surface area (Å²) in [6, 6.07) is 27.8. The highest BCUT2D eigenvalue weighted by Crippen LogP contribution is 2.30. The first-order valence-corrected chi connectivity index (χ1v) is 12.2. The molecule has 5 rings (SSSR count). The smallest absolute Gasteiger partial charge is 0.337 e. The second-order valence-corrected chi connectivity index (χ2v) is 8.88. The van der Waals surface area contributed by atoms with E-state index in [4.69, 9.17) is 4.74 Å². The lowest BCUT2D eigenvalue weighted by atomic mass is 10.1. The van der Waals surface area contributed by atoms with Crippen LogP contribution >= 0.6 is 0 Å². The molecule has 0 spiro atoms. The highest BCUT2D eigenvalue weighted by molar-refractivity contribution is 6.08. The molecule has 1 aliphatic rings. The average molecular weight is 494 g/mol. The van der Waals surface area contributed by atoms with Gasteiger partial charge in [-0.25, -0.2) is 4.79 Å². The van der Waals surface area contributed by atoms with E-state index in [-0.39, 0.29) is 11.8 Å². The van der Waals surface area contributed by atoms with Crippen LogP contribution < -0.4 is 10.2 Å². The molecule has 7 heteroatoms. The minimum atomic E-state index is -0.481. The standard InChI is InChI=1S/C30H27N3O4/c1-37-30(36)25-13-14-27(32-15-17-33(18-16-32)29(35)22-8-3-2-4-9-22)26(20-25)31-28(34)24-12-11-21-7-5-6-10-23(21)19-24/h2-14,19-20H,15-18H2,1H3,(H,31,34). The highest BCUT2D eigenvalue weighted by atomic mass is 16.5. The molecular weight excluding hydrogens is 466 g/mol. The number of nitrogens with one attached hydrogen (secondary N) is 1. The summed E-state index contributed by atoms with van der Waals surface area (Å²) in [4.78, 5) is 42.3. The number of benzene rings is 4. The Hall–Kier alpha value is -4.65. The number of ether oxygens (including phenoxy) is 1. The van der Waals surface area contributed by atoms with Crippen LogP contribution in [0.5, 0.6) is 0 Å². The normalized spacial score (nSPS) is 13.3. The Balaban J connectivity index is 1.37. The van der Waals surface area contributed by atoms with E-state index in [0.717, 1.165) is 16.5 Å². The van der Waals surface area contributed by atoms with E-state index < -0.39 is 5.97 Å². The van der Waals surface area contributed by atoms with E-state index in [0.29, 0.717) is 48.6 Å². The summed E-state index contributed by atoms with van der Waals surface area (Å²) in [5.74, 6) is -0.746. The van der Waals surface area contributed by atoms with Crippen molar-refractivity contribution in [2.75, 3.05) is 43.5 Å². The van der Waals surface area contributed by atoms with Gasteiger partial charge in [0.2, 0.25) is 0 Å². The Morgan fingerprint density at radius 1 is 0.703 bits per heavy atom. The molecule has 1 heterocycles. The second kappa shape index (κ2) is 10.5. The number of amides is 2. The molecule has 0 bridgehead atoms. The van der Waals surface area contributed by atoms with Crippen molar-refractivity contribution in [2.24, 2.45) is 0 Å². The summed E-state index contributed by atoms with van der Waals surface area (Å²) >= 11 is 0. The summed E-state index contributed by atoms with van der Waals surface area (Å²) < 4.78 is 4.89. The van der Waals surface area contributed by atoms with Crippen molar-refractivity contribution in [3.05, 3.63) is 108 Å². The third-order valence-corrected chi connectivity index (χ3v) is 6.61. The number of hydrogen-bond acceptors (Lipinski definition) is 5. The SMILES string of the molecule is COC(=O)c1ccc(N2CCN(C(=O)c3ccccc3)CC2)c(NC(=O)c2ccc3ccccc3c2)c1. The molecule has 1 aliphatic heterocycles. The van der Waals surface area contributed by atoms with Crippen molar-refractivity contribution in [3.8, 4) is 0 Å². The number of rotatable bonds is 5. The molecule has 4 aromatic carbocycles. The number of nitrogens with zero attached hydrogens (tertiary/aromatic N) is 2. The fourth-order valence-electron chi connectivity index (χ4n) is 4.60. The molecule has 37 heavy (non-hydrogen) atoms. The van der Waals surface area contributed by atoms with Crippen molar-refractivity contribution in [3.63, 3.8) is 0 Å². The monoisotopic (exact) mass is 493 g/mol. The van der Waals surface area contributed by atoms with Gasteiger partial charge in [-0.2, -0.15) is 0 Å². The van der Waals surface area contributed by atoms with Gasteiger partial charge in [0.1, 0.15) is 0 Å². The van der Waals surface area contributed by atoms with Gasteiger partial charge in [-0.3, -0.25) is 9.59 Å². The Bertz CT molecular complexity index is 1460. The van der Waals surface area contributed by atoms with Crippen LogP contribution in [0.1, 0.15) is 31.1 Å². The van der Waals surface area contributed by atoms with Gasteiger partial charge in [-0.05, 0) is 53.2 Å². The molecule has 2 amide bonds. The zero-order valence-electron chi connectivity index (χ0n) is 20.5. The van der Waals surface area contributed by atoms with Crippen molar-refractivity contribution in [2.45, 2.75) is 0 Å². The molecular formula is C30H27N3O4. The third kappa shape index (κ3) is 5.16. The molecule has 0 radical (unpaired) electrons. The van der Waals surface area contributed by atoms with E-state index in [1.165, 1.54) is 7.11 Å². The Morgan fingerprint density at radius 2 is 1.38 bits per heavy atom. The van der Waals surface area contributed by atoms with Gasteiger partial charge in [0, 0.05) is 37.3 Å². The second-order valence-electron chi connectivity index (χ2n) is 8.88. The number of carbonyl (C=O) groups excluding carboxylic acids is 3. The summed E-state index contributed by atoms with van der Waals surface area (Å²) in [6.07, 6.45) is 0. The lowest BCUT2D eigenvalue weighted by molar-refractivity contribution is 0.0600. The quantitative estimate of drug-likeness (QED) is 0.403. The molecule has 0 saturated carbocycles. The van der Waals surface area contributed by atoms with Crippen LogP contribution in [0.15, 0.2) is 91.0 Å². The van der Waals surface area contributed by atoms with Gasteiger partial charge < -0.3 is 19.9 Å². The number of anilines is 2. The molecule has 7 nitrogen and oxygen atoms in total. The van der Waals surface area contributed by atoms with Crippen molar-refractivity contribution in [1.29, 1.82) is 0 Å². The zero-order valence-corrected chi connectivity index (χ0v) is 20.5. The number of piperazine rings is 1. The Labute approximate surface area is 215 Å². The van der Waals surface area contributed by atoms with E-state index in [1.807, 2.05) is 77.7 Å². The van der Waals surface area contributed by atoms with Crippen molar-refractivity contribution >= 4 is 39.9 Å². The predicted molar refractivity (Wildman–Crippen MR) is 144 cm³/mol. The van der Waals surface area contributed by atoms with E-state index in [1.54, 1.807) is 18.2 Å². The average Bonchev–Trinajstić information content (AvgIpc) is 2.96. The highest BCUT2D eigenvalue weighted by Gasteiger charge is 2.25. The van der Waals surface area contributed by atoms with E-state index >= 15 is 0 Å². The van der Waals surface area contributed by atoms with Gasteiger partial charge in [-0.15, -0.1) is 0 Å². The van der Waals surface area contributed by atoms with Crippen LogP contribution in [0.3, 0.4) is 0 Å². The fourth-order valence-corrected chi connectivity index (χ4v) is 4.60. The molecule has 0 aliphatic carbocycles. The number of fused-ring (bicyclic) bond motifs is 1. The van der Waals surface area contributed by atoms with Crippen LogP contribution in [0.4, 0.5) is 11.4 Å². The van der Waals surface area contributed by atoms with Crippen molar-refractivity contribution < 1.29 is 19.1 Å². The maximum atomic E-state index is 13.2. The largest absolute Gasteiger partial charge is 0.465 e. The van der Waals surface area contributed by atoms with Crippen LogP contribution in [-0.2, 0) is 4.74 Å². The van der Waals surface area contributed by atoms with Crippen molar-refractivity contribution in [1.82, 2.24) is 4.90 Å². The van der Waals surface area contributed by atoms with Crippen LogP contribution in [-0.4, -0.2) is 56.0 Å². The van der Waals surface area contributed by atoms with Gasteiger partial charge in [0.25, 0.3) is 11.8 Å². The molecule has 186 valence electrons. The van der Waals surface area contributed by atoms with Crippen LogP contribution in [0, 0.1) is 0 Å². The molecule has 0 aromatic heterocycles. The minimum absolute atomic E-state index is 0.00567. The lowest BCUT2D eigenvalue weighted by Gasteiger charge is -2.37. The molecule has 0 unspecified atom stereocenters. The van der Waals surface area contributed by atoms with Gasteiger partial charge in [-0.1, -0.05) is 48.5 Å². The molecule has 1 fully saturated rings. The summed E-state index contributed by atoms with van der Waals surface area (Å²) in [5, 5.41) is 5.02. The minimum Gasteiger partial charge on any atom is -0.465 e. The molecule has 4 aromatic rings. The predicted octanol–water partition coefficient (Wildman–Crippen LogP) is 4.84. The van der Waals surface area contributed by atoms with Crippen LogP contribution in [0.25, 0.3) is 10.8 Å². The first-order valence-electron chi connectivity index (χ1n) is 12.2. The first-order chi connectivity index (χ1) is 18.0. The Kier molecular flexibility index (Phi) is 6.85. The molecule has 1 saturated heterocycles. The number of hydrogen-bond donors (Lipinski definition) is 1. The zero-order chi connectivity index (χ0) is 25.8. The maximum Gasteiger partial charge on any atom is 0.337 e. The third-order valence-electron chi connectivity index (χ3n) is 6.61. The number of esters is 1. The lowest BCUT2D eigenvalue weighted by Crippen LogP contribution is -2.49. The van der Waals surface area contributed by atoms with Gasteiger partial charge in [0.05, 0.1) is 24.0 Å². The topological polar surface area (TPSA) is 79.0 Å². The molecule has 0 atom stereocenters. The first kappa shape index (κ1) is 24.1. The van der Waals surface area contributed by atoms with Gasteiger partial charge >= 0.3 is 5.97 Å². The summed E-state index contributed by atoms with van der Waals surface area (Å²) in [6.45, 7) is 2.28. The molecule has 1 N–H and O–H groups in total. The number of carbonyl (C=O) groups is 3.